The highest BCUT2D eigenvalue weighted by atomic mass is 35.5. The summed E-state index contributed by atoms with van der Waals surface area (Å²) in [6, 6.07) is 10.3. The smallest absolute Gasteiger partial charge is 0.272 e. The molecular weight excluding hydrogens is 428 g/mol. The first-order valence-electron chi connectivity index (χ1n) is 11.0. The number of likely N-dealkylation sites (tertiary alicyclic amines) is 1. The molecule has 7 heteroatoms. The van der Waals surface area contributed by atoms with Crippen LogP contribution >= 0.6 is 22.9 Å². The summed E-state index contributed by atoms with van der Waals surface area (Å²) >= 11 is 7.78. The molecule has 0 bridgehead atoms. The van der Waals surface area contributed by atoms with Crippen LogP contribution in [0.15, 0.2) is 35.7 Å². The zero-order chi connectivity index (χ0) is 21.4. The number of rotatable bonds is 5. The van der Waals surface area contributed by atoms with Crippen LogP contribution in [0.25, 0.3) is 11.3 Å². The first-order valence-corrected chi connectivity index (χ1v) is 12.2. The number of amides is 1. The molecule has 3 aromatic rings. The normalized spacial score (nSPS) is 16.7. The Kier molecular flexibility index (Phi) is 5.87. The Bertz CT molecular complexity index is 1080. The van der Waals surface area contributed by atoms with Gasteiger partial charge in [-0.25, -0.2) is 0 Å². The quantitative estimate of drug-likeness (QED) is 0.615. The van der Waals surface area contributed by atoms with Gasteiger partial charge >= 0.3 is 0 Å². The SMILES string of the molecule is Cn1nc(C(=O)NCC2CCN(Cc3ccc(Cl)cc3)CC2)c2c1-c1ccsc1CC2. The summed E-state index contributed by atoms with van der Waals surface area (Å²) in [4.78, 5) is 16.8. The molecule has 1 aliphatic heterocycles. The lowest BCUT2D eigenvalue weighted by atomic mass is 9.94. The fourth-order valence-electron chi connectivity index (χ4n) is 4.83. The molecule has 0 saturated carbocycles. The number of piperidine rings is 1. The summed E-state index contributed by atoms with van der Waals surface area (Å²) in [5.74, 6) is 0.493. The third-order valence-electron chi connectivity index (χ3n) is 6.54. The van der Waals surface area contributed by atoms with Crippen molar-refractivity contribution in [3.8, 4) is 11.3 Å². The number of carbonyl (C=O) groups is 1. The Hall–Kier alpha value is -2.15. The van der Waals surface area contributed by atoms with Crippen LogP contribution in [0, 0.1) is 5.92 Å². The minimum absolute atomic E-state index is 0.0286. The van der Waals surface area contributed by atoms with Gasteiger partial charge in [0.25, 0.3) is 5.91 Å². The number of hydrogen-bond donors (Lipinski definition) is 1. The molecular formula is C24H27ClN4OS. The number of carbonyl (C=O) groups excluding carboxylic acids is 1. The van der Waals surface area contributed by atoms with Crippen LogP contribution in [-0.4, -0.2) is 40.2 Å². The number of fused-ring (bicyclic) bond motifs is 3. The fourth-order valence-corrected chi connectivity index (χ4v) is 5.83. The fraction of sp³-hybridized carbons (Fsp3) is 0.417. The van der Waals surface area contributed by atoms with Gasteiger partial charge in [0.2, 0.25) is 0 Å². The maximum absolute atomic E-state index is 13.0. The summed E-state index contributed by atoms with van der Waals surface area (Å²) in [5.41, 5.74) is 5.36. The van der Waals surface area contributed by atoms with Gasteiger partial charge in [-0.3, -0.25) is 14.4 Å². The molecule has 1 aliphatic carbocycles. The van der Waals surface area contributed by atoms with Crippen molar-refractivity contribution in [3.63, 3.8) is 0 Å². The topological polar surface area (TPSA) is 50.2 Å². The summed E-state index contributed by atoms with van der Waals surface area (Å²) in [7, 11) is 1.94. The van der Waals surface area contributed by atoms with Crippen LogP contribution in [0.3, 0.4) is 0 Å². The molecule has 2 aromatic heterocycles. The minimum atomic E-state index is -0.0286. The number of halogens is 1. The number of nitrogens with one attached hydrogen (secondary N) is 1. The Morgan fingerprint density at radius 1 is 1.19 bits per heavy atom. The number of hydrogen-bond acceptors (Lipinski definition) is 4. The lowest BCUT2D eigenvalue weighted by molar-refractivity contribution is 0.0928. The van der Waals surface area contributed by atoms with Crippen LogP contribution in [0.2, 0.25) is 5.02 Å². The number of thiophene rings is 1. The van der Waals surface area contributed by atoms with Crippen molar-refractivity contribution < 1.29 is 4.79 Å². The molecule has 1 aromatic carbocycles. The Morgan fingerprint density at radius 3 is 2.74 bits per heavy atom. The molecule has 0 atom stereocenters. The molecule has 31 heavy (non-hydrogen) atoms. The van der Waals surface area contributed by atoms with Crippen LogP contribution in [0.5, 0.6) is 0 Å². The lowest BCUT2D eigenvalue weighted by Crippen LogP contribution is -2.38. The zero-order valence-electron chi connectivity index (χ0n) is 17.7. The van der Waals surface area contributed by atoms with Crippen molar-refractivity contribution in [2.24, 2.45) is 13.0 Å². The summed E-state index contributed by atoms with van der Waals surface area (Å²) in [5, 5.41) is 10.7. The van der Waals surface area contributed by atoms with Crippen LogP contribution in [-0.2, 0) is 26.4 Å². The van der Waals surface area contributed by atoms with Crippen molar-refractivity contribution in [1.29, 1.82) is 0 Å². The minimum Gasteiger partial charge on any atom is -0.350 e. The maximum atomic E-state index is 13.0. The molecule has 2 aliphatic rings. The van der Waals surface area contributed by atoms with Crippen molar-refractivity contribution in [2.75, 3.05) is 19.6 Å². The largest absolute Gasteiger partial charge is 0.350 e. The second kappa shape index (κ2) is 8.77. The van der Waals surface area contributed by atoms with Gasteiger partial charge in [-0.05, 0) is 73.8 Å². The first-order chi connectivity index (χ1) is 15.1. The number of aryl methyl sites for hydroxylation is 2. The standard InChI is InChI=1S/C24H27ClN4OS/c1-28-23-19-10-13-31-21(19)7-6-20(23)22(27-28)24(30)26-14-16-8-11-29(12-9-16)15-17-2-4-18(25)5-3-17/h2-5,10,13,16H,6-9,11-12,14-15H2,1H3,(H,26,30). The zero-order valence-corrected chi connectivity index (χ0v) is 19.3. The third kappa shape index (κ3) is 4.29. The summed E-state index contributed by atoms with van der Waals surface area (Å²) in [6.07, 6.45) is 4.10. The summed E-state index contributed by atoms with van der Waals surface area (Å²) in [6.45, 7) is 3.80. The highest BCUT2D eigenvalue weighted by Crippen LogP contribution is 2.37. The number of nitrogens with zero attached hydrogens (tertiary/aromatic N) is 3. The molecule has 5 nitrogen and oxygen atoms in total. The van der Waals surface area contributed by atoms with E-state index < -0.39 is 0 Å². The monoisotopic (exact) mass is 454 g/mol. The Labute approximate surface area is 192 Å². The van der Waals surface area contributed by atoms with Gasteiger partial charge < -0.3 is 5.32 Å². The van der Waals surface area contributed by atoms with Gasteiger partial charge in [-0.15, -0.1) is 11.3 Å². The molecule has 0 radical (unpaired) electrons. The van der Waals surface area contributed by atoms with Gasteiger partial charge in [0.1, 0.15) is 0 Å². The maximum Gasteiger partial charge on any atom is 0.272 e. The van der Waals surface area contributed by atoms with E-state index in [2.05, 4.69) is 38.9 Å². The van der Waals surface area contributed by atoms with Crippen LogP contribution in [0.4, 0.5) is 0 Å². The van der Waals surface area contributed by atoms with Gasteiger partial charge in [0.05, 0.1) is 5.69 Å². The van der Waals surface area contributed by atoms with Gasteiger partial charge in [-0.2, -0.15) is 5.10 Å². The van der Waals surface area contributed by atoms with Crippen LogP contribution in [0.1, 0.15) is 39.3 Å². The average Bonchev–Trinajstić information content (AvgIpc) is 3.39. The Morgan fingerprint density at radius 2 is 1.97 bits per heavy atom. The highest BCUT2D eigenvalue weighted by molar-refractivity contribution is 7.10. The molecule has 1 amide bonds. The number of aromatic nitrogens is 2. The molecule has 162 valence electrons. The van der Waals surface area contributed by atoms with Crippen LogP contribution < -0.4 is 5.32 Å². The molecule has 1 N–H and O–H groups in total. The lowest BCUT2D eigenvalue weighted by Gasteiger charge is -2.32. The second-order valence-electron chi connectivity index (χ2n) is 8.61. The van der Waals surface area contributed by atoms with Crippen molar-refractivity contribution in [3.05, 3.63) is 62.4 Å². The molecule has 3 heterocycles. The molecule has 1 saturated heterocycles. The van der Waals surface area contributed by atoms with E-state index in [4.69, 9.17) is 11.6 Å². The molecule has 1 fully saturated rings. The predicted molar refractivity (Wildman–Crippen MR) is 126 cm³/mol. The van der Waals surface area contributed by atoms with E-state index >= 15 is 0 Å². The van der Waals surface area contributed by atoms with E-state index in [9.17, 15) is 4.79 Å². The first kappa shape index (κ1) is 20.7. The van der Waals surface area contributed by atoms with E-state index in [0.29, 0.717) is 11.6 Å². The predicted octanol–water partition coefficient (Wildman–Crippen LogP) is 4.54. The molecule has 0 unspecified atom stereocenters. The van der Waals surface area contributed by atoms with E-state index in [1.54, 1.807) is 11.3 Å². The van der Waals surface area contributed by atoms with Gasteiger partial charge in [-0.1, -0.05) is 23.7 Å². The van der Waals surface area contributed by atoms with E-state index in [0.717, 1.165) is 68.1 Å². The van der Waals surface area contributed by atoms with Crippen molar-refractivity contribution >= 4 is 28.8 Å². The highest BCUT2D eigenvalue weighted by Gasteiger charge is 2.28. The van der Waals surface area contributed by atoms with E-state index in [-0.39, 0.29) is 5.91 Å². The van der Waals surface area contributed by atoms with E-state index in [1.165, 1.54) is 16.0 Å². The van der Waals surface area contributed by atoms with Crippen molar-refractivity contribution in [2.45, 2.75) is 32.2 Å². The number of benzene rings is 1. The Balaban J connectivity index is 1.16. The third-order valence-corrected chi connectivity index (χ3v) is 7.77. The average molecular weight is 455 g/mol. The summed E-state index contributed by atoms with van der Waals surface area (Å²) < 4.78 is 1.88. The van der Waals surface area contributed by atoms with Gasteiger partial charge in [0.15, 0.2) is 5.69 Å². The van der Waals surface area contributed by atoms with Crippen molar-refractivity contribution in [1.82, 2.24) is 20.0 Å². The van der Waals surface area contributed by atoms with Gasteiger partial charge in [0, 0.05) is 41.2 Å². The molecule has 5 rings (SSSR count). The molecule has 0 spiro atoms. The van der Waals surface area contributed by atoms with E-state index in [1.807, 2.05) is 23.9 Å². The second-order valence-corrected chi connectivity index (χ2v) is 10.0.